The lowest BCUT2D eigenvalue weighted by atomic mass is 9.68. The summed E-state index contributed by atoms with van der Waals surface area (Å²) in [6.07, 6.45) is 3.41. The normalized spacial score (nSPS) is 24.3. The quantitative estimate of drug-likeness (QED) is 0.744. The average Bonchev–Trinajstić information content (AvgIpc) is 3.66. The predicted molar refractivity (Wildman–Crippen MR) is 126 cm³/mol. The van der Waals surface area contributed by atoms with Crippen molar-refractivity contribution in [3.05, 3.63) is 29.5 Å². The highest BCUT2D eigenvalue weighted by Crippen LogP contribution is 2.51. The molecule has 0 bridgehead atoms. The predicted octanol–water partition coefficient (Wildman–Crippen LogP) is 1.98. The fourth-order valence-electron chi connectivity index (χ4n) is 6.46. The van der Waals surface area contributed by atoms with Crippen molar-refractivity contribution < 1.29 is 24.2 Å². The van der Waals surface area contributed by atoms with Crippen LogP contribution in [0.4, 0.5) is 0 Å². The minimum absolute atomic E-state index is 0.0281. The third-order valence-electron chi connectivity index (χ3n) is 8.40. The van der Waals surface area contributed by atoms with E-state index in [4.69, 9.17) is 9.47 Å². The van der Waals surface area contributed by atoms with Gasteiger partial charge in [0.25, 0.3) is 0 Å². The number of aliphatic hydroxyl groups is 1. The number of amides is 2. The molecule has 6 rings (SSSR count). The maximum absolute atomic E-state index is 13.3. The molecule has 4 heterocycles. The number of ether oxygens (including phenoxy) is 2. The van der Waals surface area contributed by atoms with Crippen LogP contribution in [0.1, 0.15) is 43.0 Å². The van der Waals surface area contributed by atoms with Crippen LogP contribution in [0.5, 0.6) is 5.75 Å². The van der Waals surface area contributed by atoms with E-state index in [1.165, 1.54) is 5.56 Å². The minimum atomic E-state index is -0.377. The first kappa shape index (κ1) is 21.9. The molecule has 1 N–H and O–H groups in total. The maximum Gasteiger partial charge on any atom is 0.226 e. The van der Waals surface area contributed by atoms with Gasteiger partial charge in [-0.25, -0.2) is 0 Å². The Morgan fingerprint density at radius 3 is 2.44 bits per heavy atom. The van der Waals surface area contributed by atoms with Crippen molar-refractivity contribution in [2.75, 3.05) is 46.6 Å². The van der Waals surface area contributed by atoms with Crippen LogP contribution in [0.15, 0.2) is 18.2 Å². The molecular formula is C26H33N3O5. The average molecular weight is 468 g/mol. The molecule has 182 valence electrons. The van der Waals surface area contributed by atoms with Crippen LogP contribution < -0.4 is 4.74 Å². The number of benzene rings is 1. The van der Waals surface area contributed by atoms with E-state index in [2.05, 4.69) is 10.6 Å². The van der Waals surface area contributed by atoms with E-state index < -0.39 is 0 Å². The van der Waals surface area contributed by atoms with Crippen molar-refractivity contribution in [2.45, 2.75) is 37.1 Å². The van der Waals surface area contributed by atoms with Gasteiger partial charge in [0.2, 0.25) is 11.8 Å². The van der Waals surface area contributed by atoms with Crippen LogP contribution in [0.25, 0.3) is 10.9 Å². The van der Waals surface area contributed by atoms with Crippen LogP contribution in [-0.2, 0) is 26.8 Å². The van der Waals surface area contributed by atoms with Crippen molar-refractivity contribution in [3.63, 3.8) is 0 Å². The molecule has 3 fully saturated rings. The third-order valence-corrected chi connectivity index (χ3v) is 8.40. The number of aryl methyl sites for hydroxylation is 1. The topological polar surface area (TPSA) is 84.2 Å². The van der Waals surface area contributed by atoms with Crippen molar-refractivity contribution in [3.8, 4) is 5.75 Å². The molecule has 1 aromatic heterocycles. The first-order valence-electron chi connectivity index (χ1n) is 12.4. The lowest BCUT2D eigenvalue weighted by Gasteiger charge is -2.57. The number of rotatable bonds is 4. The zero-order chi connectivity index (χ0) is 23.6. The highest BCUT2D eigenvalue weighted by atomic mass is 16.5. The highest BCUT2D eigenvalue weighted by molar-refractivity contribution is 5.91. The molecule has 1 aliphatic carbocycles. The number of carbonyl (C=O) groups is 2. The standard InChI is InChI=1S/C26H33N3O5/c1-27-20-11-18(33-2)5-6-19(20)22-23(27)21(12-30)29(25(32)16-3-4-16)15-26(22)13-28(14-26)24(31)17-7-9-34-10-8-17/h5-6,11,16-17,21,30H,3-4,7-10,12-15H2,1-2H3/t21-/m0/s1. The van der Waals surface area contributed by atoms with Crippen LogP contribution in [0.2, 0.25) is 0 Å². The van der Waals surface area contributed by atoms with Gasteiger partial charge in [-0.15, -0.1) is 0 Å². The molecule has 1 spiro atoms. The van der Waals surface area contributed by atoms with Crippen molar-refractivity contribution >= 4 is 22.7 Å². The Morgan fingerprint density at radius 2 is 1.79 bits per heavy atom. The van der Waals surface area contributed by atoms with Crippen LogP contribution in [-0.4, -0.2) is 77.9 Å². The Balaban J connectivity index is 1.43. The Hall–Kier alpha value is -2.58. The van der Waals surface area contributed by atoms with Gasteiger partial charge >= 0.3 is 0 Å². The molecule has 34 heavy (non-hydrogen) atoms. The van der Waals surface area contributed by atoms with Crippen LogP contribution in [0, 0.1) is 11.8 Å². The first-order valence-corrected chi connectivity index (χ1v) is 12.4. The van der Waals surface area contributed by atoms with Crippen LogP contribution in [0.3, 0.4) is 0 Å². The maximum atomic E-state index is 13.3. The Kier molecular flexibility index (Phi) is 5.15. The molecular weight excluding hydrogens is 434 g/mol. The van der Waals surface area contributed by atoms with Gasteiger partial charge in [-0.3, -0.25) is 9.59 Å². The Bertz CT molecular complexity index is 1140. The van der Waals surface area contributed by atoms with E-state index in [1.807, 2.05) is 29.0 Å². The molecule has 2 aromatic rings. The number of hydrogen-bond donors (Lipinski definition) is 1. The largest absolute Gasteiger partial charge is 0.497 e. The third kappa shape index (κ3) is 3.18. The van der Waals surface area contributed by atoms with Crippen LogP contribution >= 0.6 is 0 Å². The lowest BCUT2D eigenvalue weighted by molar-refractivity contribution is -0.151. The van der Waals surface area contributed by atoms with E-state index in [9.17, 15) is 14.7 Å². The minimum Gasteiger partial charge on any atom is -0.497 e. The Morgan fingerprint density at radius 1 is 1.09 bits per heavy atom. The Labute approximate surface area is 199 Å². The monoisotopic (exact) mass is 467 g/mol. The first-order chi connectivity index (χ1) is 16.5. The van der Waals surface area contributed by atoms with Gasteiger partial charge in [0.05, 0.1) is 30.7 Å². The molecule has 4 aliphatic rings. The SMILES string of the molecule is COc1ccc2c3c(n(C)c2c1)[C@H](CO)N(C(=O)C1CC1)CC31CN(C(=O)C2CCOCC2)C1. The second-order valence-corrected chi connectivity index (χ2v) is 10.5. The summed E-state index contributed by atoms with van der Waals surface area (Å²) in [7, 11) is 3.66. The second kappa shape index (κ2) is 7.99. The molecule has 3 aliphatic heterocycles. The molecule has 0 unspecified atom stereocenters. The summed E-state index contributed by atoms with van der Waals surface area (Å²) < 4.78 is 13.0. The molecule has 8 nitrogen and oxygen atoms in total. The van der Waals surface area contributed by atoms with Gasteiger partial charge in [-0.1, -0.05) is 0 Å². The van der Waals surface area contributed by atoms with E-state index in [1.54, 1.807) is 7.11 Å². The van der Waals surface area contributed by atoms with E-state index >= 15 is 0 Å². The zero-order valence-electron chi connectivity index (χ0n) is 20.0. The number of fused-ring (bicyclic) bond motifs is 4. The molecule has 1 atom stereocenters. The highest BCUT2D eigenvalue weighted by Gasteiger charge is 2.56. The second-order valence-electron chi connectivity index (χ2n) is 10.5. The smallest absolute Gasteiger partial charge is 0.226 e. The molecule has 8 heteroatoms. The van der Waals surface area contributed by atoms with Crippen molar-refractivity contribution in [1.29, 1.82) is 0 Å². The van der Waals surface area contributed by atoms with Gasteiger partial charge in [0.15, 0.2) is 0 Å². The zero-order valence-corrected chi connectivity index (χ0v) is 20.0. The number of aromatic nitrogens is 1. The van der Waals surface area contributed by atoms with Crippen molar-refractivity contribution in [2.24, 2.45) is 18.9 Å². The fraction of sp³-hybridized carbons (Fsp3) is 0.615. The number of methoxy groups -OCH3 is 1. The number of likely N-dealkylation sites (tertiary alicyclic amines) is 1. The van der Waals surface area contributed by atoms with Gasteiger partial charge in [-0.2, -0.15) is 0 Å². The van der Waals surface area contributed by atoms with E-state index in [-0.39, 0.29) is 41.7 Å². The number of nitrogens with zero attached hydrogens (tertiary/aromatic N) is 3. The summed E-state index contributed by atoms with van der Waals surface area (Å²) in [5.74, 6) is 1.22. The molecule has 2 saturated heterocycles. The number of hydrogen-bond acceptors (Lipinski definition) is 5. The van der Waals surface area contributed by atoms with Crippen molar-refractivity contribution in [1.82, 2.24) is 14.4 Å². The summed E-state index contributed by atoms with van der Waals surface area (Å²) in [6.45, 7) is 2.93. The van der Waals surface area contributed by atoms with E-state index in [0.717, 1.165) is 48.0 Å². The molecule has 0 radical (unpaired) electrons. The number of aliphatic hydroxyl groups excluding tert-OH is 1. The summed E-state index contributed by atoms with van der Waals surface area (Å²) in [6, 6.07) is 5.70. The summed E-state index contributed by atoms with van der Waals surface area (Å²) in [5, 5.41) is 11.6. The molecule has 2 amide bonds. The van der Waals surface area contributed by atoms with Gasteiger partial charge < -0.3 is 28.9 Å². The molecule has 1 aromatic carbocycles. The van der Waals surface area contributed by atoms with E-state index in [0.29, 0.717) is 32.8 Å². The van der Waals surface area contributed by atoms with Gasteiger partial charge in [0, 0.05) is 68.9 Å². The lowest BCUT2D eigenvalue weighted by Crippen LogP contribution is -2.69. The summed E-state index contributed by atoms with van der Waals surface area (Å²) >= 11 is 0. The summed E-state index contributed by atoms with van der Waals surface area (Å²) in [4.78, 5) is 30.5. The molecule has 1 saturated carbocycles. The van der Waals surface area contributed by atoms with Gasteiger partial charge in [-0.05, 0) is 43.4 Å². The fourth-order valence-corrected chi connectivity index (χ4v) is 6.46. The van der Waals surface area contributed by atoms with Gasteiger partial charge in [0.1, 0.15) is 5.75 Å². The number of carbonyl (C=O) groups excluding carboxylic acids is 2. The summed E-state index contributed by atoms with van der Waals surface area (Å²) in [5.41, 5.74) is 2.88.